The Hall–Kier alpha value is -3.53. The topological polar surface area (TPSA) is 420 Å². The van der Waals surface area contributed by atoms with E-state index in [1.165, 1.54) is 0 Å². The maximum absolute atomic E-state index is 8.00. The van der Waals surface area contributed by atoms with Crippen molar-refractivity contribution in [2.24, 2.45) is 42.7 Å². The van der Waals surface area contributed by atoms with E-state index >= 15 is 0 Å². The molecular formula is AlN8O16Ta. The molecule has 0 amide bonds. The third kappa shape index (κ3) is 624. The summed E-state index contributed by atoms with van der Waals surface area (Å²) in [6.45, 7) is 0. The van der Waals surface area contributed by atoms with Crippen molar-refractivity contribution in [3.05, 3.63) is 80.9 Å². The van der Waals surface area contributed by atoms with Crippen LogP contribution in [0.15, 0.2) is 42.7 Å². The molecule has 0 aliphatic heterocycles. The molecule has 0 aromatic carbocycles. The standard InChI is InChI=1S/Al.8HNO2.Ta/c;8*2-1-3;/h;8*(H,2,3);/q+3;;;;;;;;;+5/p-8. The van der Waals surface area contributed by atoms with Gasteiger partial charge < -0.3 is 80.9 Å². The van der Waals surface area contributed by atoms with Gasteiger partial charge in [0.2, 0.25) is 0 Å². The van der Waals surface area contributed by atoms with Gasteiger partial charge in [-0.3, -0.25) is 0 Å². The Morgan fingerprint density at radius 1 is 0.308 bits per heavy atom. The molecule has 144 valence electrons. The molecule has 0 saturated heterocycles. The van der Waals surface area contributed by atoms with Gasteiger partial charge in [-0.05, 0) is 0 Å². The summed E-state index contributed by atoms with van der Waals surface area (Å²) in [4.78, 5) is 64.0. The Morgan fingerprint density at radius 3 is 0.308 bits per heavy atom. The van der Waals surface area contributed by atoms with Crippen LogP contribution >= 0.6 is 0 Å². The maximum atomic E-state index is 8.00. The molecule has 0 aliphatic carbocycles. The number of nitrogens with zero attached hydrogens (tertiary/aromatic N) is 8. The van der Waals surface area contributed by atoms with Crippen LogP contribution in [0.25, 0.3) is 0 Å². The molecule has 0 rings (SSSR count). The van der Waals surface area contributed by atoms with Crippen molar-refractivity contribution in [3.63, 3.8) is 0 Å². The minimum absolute atomic E-state index is 0. The largest absolute Gasteiger partial charge is 5.00 e. The Balaban J connectivity index is -0.0000000139. The summed E-state index contributed by atoms with van der Waals surface area (Å²) < 4.78 is 0. The van der Waals surface area contributed by atoms with Gasteiger partial charge in [-0.1, -0.05) is 0 Å². The van der Waals surface area contributed by atoms with Crippen LogP contribution in [0.3, 0.4) is 0 Å². The predicted octanol–water partition coefficient (Wildman–Crippen LogP) is 1.62. The van der Waals surface area contributed by atoms with Crippen LogP contribution in [0.5, 0.6) is 0 Å². The molecule has 26 heteroatoms. The molecule has 0 bridgehead atoms. The molecule has 0 spiro atoms. The molecule has 0 aromatic heterocycles. The average Bonchev–Trinajstić information content (AvgIpc) is 2.45. The van der Waals surface area contributed by atoms with E-state index in [0.717, 1.165) is 42.7 Å². The number of hydrogen-bond donors (Lipinski definition) is 0. The predicted molar refractivity (Wildman–Crippen MR) is 79.0 cm³/mol. The summed E-state index contributed by atoms with van der Waals surface area (Å²) in [6, 6.07) is 0. The van der Waals surface area contributed by atoms with Crippen molar-refractivity contribution in [3.8, 4) is 0 Å². The zero-order chi connectivity index (χ0) is 21.7. The summed E-state index contributed by atoms with van der Waals surface area (Å²) >= 11 is 0. The first-order valence-corrected chi connectivity index (χ1v) is 2.92. The van der Waals surface area contributed by atoms with Gasteiger partial charge in [0.1, 0.15) is 0 Å². The molecule has 0 atom stereocenters. The van der Waals surface area contributed by atoms with Gasteiger partial charge in [0.15, 0.2) is 0 Å². The zero-order valence-corrected chi connectivity index (χ0v) is 15.5. The Labute approximate surface area is 163 Å². The summed E-state index contributed by atoms with van der Waals surface area (Å²) in [5.41, 5.74) is 0. The van der Waals surface area contributed by atoms with E-state index in [1.54, 1.807) is 0 Å². The second-order valence-electron chi connectivity index (χ2n) is 0.596. The molecular weight excluding hydrogens is 576 g/mol. The van der Waals surface area contributed by atoms with Crippen molar-refractivity contribution in [2.75, 3.05) is 0 Å². The molecule has 0 saturated carbocycles. The average molecular weight is 576 g/mol. The molecule has 0 radical (unpaired) electrons. The van der Waals surface area contributed by atoms with Gasteiger partial charge in [-0.15, -0.1) is 42.7 Å². The third-order valence-corrected chi connectivity index (χ3v) is 0. The fourth-order valence-electron chi connectivity index (χ4n) is 0. The number of rotatable bonds is 0. The second kappa shape index (κ2) is 450. The van der Waals surface area contributed by atoms with Crippen LogP contribution in [0.2, 0.25) is 0 Å². The van der Waals surface area contributed by atoms with Crippen LogP contribution in [0.4, 0.5) is 0 Å². The van der Waals surface area contributed by atoms with E-state index in [-0.39, 0.29) is 39.7 Å². The monoisotopic (exact) mass is 576 g/mol. The molecule has 0 unspecified atom stereocenters. The van der Waals surface area contributed by atoms with Gasteiger partial charge >= 0.3 is 39.7 Å². The normalized spacial score (nSPS) is 3.69. The summed E-state index contributed by atoms with van der Waals surface area (Å²) in [7, 11) is 0. The van der Waals surface area contributed by atoms with Crippen LogP contribution in [-0.2, 0) is 22.4 Å². The van der Waals surface area contributed by atoms with Crippen LogP contribution < -0.4 is 0 Å². The fourth-order valence-corrected chi connectivity index (χ4v) is 0. The van der Waals surface area contributed by atoms with Gasteiger partial charge in [-0.2, -0.15) is 0 Å². The molecule has 24 nitrogen and oxygen atoms in total. The smallest absolute Gasteiger partial charge is 0.444 e. The Kier molecular flexibility index (Phi) is 1150. The zero-order valence-electron chi connectivity index (χ0n) is 11.1. The van der Waals surface area contributed by atoms with Crippen molar-refractivity contribution in [1.29, 1.82) is 0 Å². The number of hydrogen-bond acceptors (Lipinski definition) is 24. The van der Waals surface area contributed by atoms with Crippen molar-refractivity contribution in [1.82, 2.24) is 0 Å². The summed E-state index contributed by atoms with van der Waals surface area (Å²) in [5, 5.41) is 72.0. The van der Waals surface area contributed by atoms with Gasteiger partial charge in [0, 0.05) is 0 Å². The van der Waals surface area contributed by atoms with Crippen molar-refractivity contribution >= 4 is 17.4 Å². The van der Waals surface area contributed by atoms with E-state index in [9.17, 15) is 0 Å². The Bertz CT molecular complexity index is 166. The molecule has 0 N–H and O–H groups in total. The van der Waals surface area contributed by atoms with Crippen molar-refractivity contribution in [2.45, 2.75) is 0 Å². The van der Waals surface area contributed by atoms with Crippen LogP contribution in [0.1, 0.15) is 0 Å². The quantitative estimate of drug-likeness (QED) is 0.224. The first kappa shape index (κ1) is 66.6. The summed E-state index contributed by atoms with van der Waals surface area (Å²) in [5.74, 6) is 0. The van der Waals surface area contributed by atoms with E-state index in [4.69, 9.17) is 80.9 Å². The minimum Gasteiger partial charge on any atom is -0.444 e. The maximum Gasteiger partial charge on any atom is 5.00 e. The minimum atomic E-state index is 0. The van der Waals surface area contributed by atoms with E-state index in [0.29, 0.717) is 0 Å². The molecule has 0 aromatic rings. The molecule has 0 heterocycles. The molecule has 26 heavy (non-hydrogen) atoms. The fraction of sp³-hybridized carbons (Fsp3) is 0. The molecule has 0 aliphatic rings. The SMILES string of the molecule is O=N[O-].O=N[O-].O=N[O-].O=N[O-].O=N[O-].O=N[O-].O=N[O-].O=N[O-].[Al+3].[Ta+5]. The van der Waals surface area contributed by atoms with Gasteiger partial charge in [0.25, 0.3) is 0 Å². The second-order valence-corrected chi connectivity index (χ2v) is 0.596. The Morgan fingerprint density at radius 2 is 0.308 bits per heavy atom. The molecule has 0 fully saturated rings. The van der Waals surface area contributed by atoms with Gasteiger partial charge in [-0.25, -0.2) is 0 Å². The van der Waals surface area contributed by atoms with Gasteiger partial charge in [0.05, 0.1) is 0 Å². The van der Waals surface area contributed by atoms with E-state index < -0.39 is 0 Å². The summed E-state index contributed by atoms with van der Waals surface area (Å²) in [6.07, 6.45) is 0. The first-order chi connectivity index (χ1) is 11.3. The van der Waals surface area contributed by atoms with Crippen LogP contribution in [0, 0.1) is 80.9 Å². The van der Waals surface area contributed by atoms with Crippen molar-refractivity contribution < 1.29 is 22.4 Å². The van der Waals surface area contributed by atoms with E-state index in [1.807, 2.05) is 0 Å². The first-order valence-electron chi connectivity index (χ1n) is 2.92. The third-order valence-electron chi connectivity index (χ3n) is 0. The van der Waals surface area contributed by atoms with Crippen LogP contribution in [-0.4, -0.2) is 17.4 Å². The van der Waals surface area contributed by atoms with E-state index in [2.05, 4.69) is 0 Å².